The molecule has 2 N–H and O–H groups in total. The molecule has 0 aliphatic carbocycles. The molecule has 5 nitrogen and oxygen atoms in total. The van der Waals surface area contributed by atoms with E-state index < -0.39 is 11.8 Å². The molecule has 1 saturated heterocycles. The van der Waals surface area contributed by atoms with Crippen LogP contribution in [-0.4, -0.2) is 21.5 Å². The summed E-state index contributed by atoms with van der Waals surface area (Å²) < 4.78 is 15.3. The van der Waals surface area contributed by atoms with E-state index in [-0.39, 0.29) is 16.5 Å². The molecule has 2 amide bonds. The Balaban J connectivity index is 1.84. The molecule has 0 radical (unpaired) electrons. The van der Waals surface area contributed by atoms with E-state index in [0.29, 0.717) is 6.54 Å². The van der Waals surface area contributed by atoms with Gasteiger partial charge in [0.05, 0.1) is 0 Å². The van der Waals surface area contributed by atoms with Crippen LogP contribution >= 0.6 is 12.2 Å². The topological polar surface area (TPSA) is 63.1 Å². The molecule has 2 heterocycles. The summed E-state index contributed by atoms with van der Waals surface area (Å²) in [4.78, 5) is 24.5. The van der Waals surface area contributed by atoms with Crippen LogP contribution < -0.4 is 10.6 Å². The van der Waals surface area contributed by atoms with Crippen LogP contribution in [0.15, 0.2) is 54.1 Å². The summed E-state index contributed by atoms with van der Waals surface area (Å²) in [6.07, 6.45) is 1.59. The Morgan fingerprint density at radius 2 is 1.68 bits per heavy atom. The average molecular weight is 393 g/mol. The first kappa shape index (κ1) is 18.1. The zero-order valence-electron chi connectivity index (χ0n) is 15.0. The van der Waals surface area contributed by atoms with Crippen LogP contribution in [0, 0.1) is 12.7 Å². The summed E-state index contributed by atoms with van der Waals surface area (Å²) >= 11 is 4.84. The molecule has 1 fully saturated rings. The molecule has 140 valence electrons. The highest BCUT2D eigenvalue weighted by Gasteiger charge is 2.26. The number of hydrogen-bond acceptors (Lipinski definition) is 3. The highest BCUT2D eigenvalue weighted by Crippen LogP contribution is 2.29. The quantitative estimate of drug-likeness (QED) is 0.408. The SMILES string of the molecule is Cc1c(C=C2C(=O)NC(=S)NC2=O)c2ccccc2n1Cc1ccc(F)cc1. The molecule has 2 aromatic carbocycles. The summed E-state index contributed by atoms with van der Waals surface area (Å²) in [5.74, 6) is -1.33. The maximum atomic E-state index is 13.2. The van der Waals surface area contributed by atoms with Crippen molar-refractivity contribution in [2.24, 2.45) is 0 Å². The van der Waals surface area contributed by atoms with Crippen molar-refractivity contribution in [1.82, 2.24) is 15.2 Å². The molecule has 1 aliphatic rings. The Morgan fingerprint density at radius 3 is 2.36 bits per heavy atom. The number of halogens is 1. The maximum absolute atomic E-state index is 13.2. The number of rotatable bonds is 3. The molecule has 4 rings (SSSR count). The summed E-state index contributed by atoms with van der Waals surface area (Å²) in [6, 6.07) is 14.1. The summed E-state index contributed by atoms with van der Waals surface area (Å²) in [6.45, 7) is 2.47. The second-order valence-electron chi connectivity index (χ2n) is 6.52. The Kier molecular flexibility index (Phi) is 4.52. The van der Waals surface area contributed by atoms with Crippen molar-refractivity contribution in [3.05, 3.63) is 76.7 Å². The van der Waals surface area contributed by atoms with E-state index in [1.807, 2.05) is 31.2 Å². The first-order chi connectivity index (χ1) is 13.4. The number of carbonyl (C=O) groups is 2. The number of nitrogens with one attached hydrogen (secondary N) is 2. The van der Waals surface area contributed by atoms with Crippen molar-refractivity contribution in [3.8, 4) is 0 Å². The van der Waals surface area contributed by atoms with E-state index in [1.54, 1.807) is 18.2 Å². The predicted octanol–water partition coefficient (Wildman–Crippen LogP) is 3.05. The van der Waals surface area contributed by atoms with E-state index in [4.69, 9.17) is 12.2 Å². The number of para-hydroxylation sites is 1. The number of nitrogens with zero attached hydrogens (tertiary/aromatic N) is 1. The van der Waals surface area contributed by atoms with Crippen molar-refractivity contribution >= 4 is 46.1 Å². The van der Waals surface area contributed by atoms with Gasteiger partial charge in [-0.25, -0.2) is 4.39 Å². The fourth-order valence-corrected chi connectivity index (χ4v) is 3.55. The monoisotopic (exact) mass is 393 g/mol. The van der Waals surface area contributed by atoms with E-state index in [1.165, 1.54) is 12.1 Å². The lowest BCUT2D eigenvalue weighted by Gasteiger charge is -2.16. The normalized spacial score (nSPS) is 14.2. The third-order valence-electron chi connectivity index (χ3n) is 4.77. The van der Waals surface area contributed by atoms with Gasteiger partial charge in [0, 0.05) is 28.7 Å². The summed E-state index contributed by atoms with van der Waals surface area (Å²) in [5, 5.41) is 5.82. The van der Waals surface area contributed by atoms with Gasteiger partial charge in [0.25, 0.3) is 11.8 Å². The van der Waals surface area contributed by atoms with Crippen LogP contribution in [0.5, 0.6) is 0 Å². The number of aromatic nitrogens is 1. The minimum Gasteiger partial charge on any atom is -0.340 e. The van der Waals surface area contributed by atoms with Gasteiger partial charge in [-0.2, -0.15) is 0 Å². The van der Waals surface area contributed by atoms with Gasteiger partial charge >= 0.3 is 0 Å². The van der Waals surface area contributed by atoms with Gasteiger partial charge in [0.1, 0.15) is 11.4 Å². The van der Waals surface area contributed by atoms with Crippen LogP contribution in [0.4, 0.5) is 4.39 Å². The highest BCUT2D eigenvalue weighted by molar-refractivity contribution is 7.80. The molecule has 0 saturated carbocycles. The average Bonchev–Trinajstić information content (AvgIpc) is 2.92. The van der Waals surface area contributed by atoms with Crippen molar-refractivity contribution in [2.75, 3.05) is 0 Å². The predicted molar refractivity (Wildman–Crippen MR) is 109 cm³/mol. The van der Waals surface area contributed by atoms with Gasteiger partial charge in [-0.3, -0.25) is 20.2 Å². The third kappa shape index (κ3) is 3.20. The first-order valence-electron chi connectivity index (χ1n) is 8.64. The van der Waals surface area contributed by atoms with Gasteiger partial charge in [-0.05, 0) is 49.0 Å². The number of thiocarbonyl (C=S) groups is 1. The lowest BCUT2D eigenvalue weighted by Crippen LogP contribution is -2.51. The molecule has 0 bridgehead atoms. The smallest absolute Gasteiger partial charge is 0.263 e. The molecular weight excluding hydrogens is 377 g/mol. The number of amides is 2. The first-order valence-corrected chi connectivity index (χ1v) is 9.05. The van der Waals surface area contributed by atoms with Crippen molar-refractivity contribution in [1.29, 1.82) is 0 Å². The standard InChI is InChI=1S/C21H16FN3O2S/c1-12-16(10-17-19(26)23-21(28)24-20(17)27)15-4-2-3-5-18(15)25(12)11-13-6-8-14(22)9-7-13/h2-10H,11H2,1H3,(H2,23,24,26,27,28). The largest absolute Gasteiger partial charge is 0.340 e. The number of hydrogen-bond donors (Lipinski definition) is 2. The second kappa shape index (κ2) is 7.01. The number of benzene rings is 2. The number of fused-ring (bicyclic) bond motifs is 1. The van der Waals surface area contributed by atoms with Crippen molar-refractivity contribution in [2.45, 2.75) is 13.5 Å². The second-order valence-corrected chi connectivity index (χ2v) is 6.93. The van der Waals surface area contributed by atoms with E-state index in [2.05, 4.69) is 15.2 Å². The summed E-state index contributed by atoms with van der Waals surface area (Å²) in [5.41, 5.74) is 3.59. The van der Waals surface area contributed by atoms with Gasteiger partial charge in [0.15, 0.2) is 5.11 Å². The Hall–Kier alpha value is -3.32. The van der Waals surface area contributed by atoms with Crippen molar-refractivity contribution < 1.29 is 14.0 Å². The minimum atomic E-state index is -0.525. The van der Waals surface area contributed by atoms with E-state index in [0.717, 1.165) is 27.7 Å². The molecular formula is C21H16FN3O2S. The van der Waals surface area contributed by atoms with Gasteiger partial charge < -0.3 is 4.57 Å². The molecule has 0 unspecified atom stereocenters. The van der Waals surface area contributed by atoms with Crippen LogP contribution in [0.3, 0.4) is 0 Å². The fourth-order valence-electron chi connectivity index (χ4n) is 3.37. The molecule has 1 aromatic heterocycles. The van der Waals surface area contributed by atoms with E-state index in [9.17, 15) is 14.0 Å². The molecule has 3 aromatic rings. The van der Waals surface area contributed by atoms with Gasteiger partial charge in [-0.1, -0.05) is 30.3 Å². The Bertz CT molecular complexity index is 1140. The lowest BCUT2D eigenvalue weighted by atomic mass is 10.1. The third-order valence-corrected chi connectivity index (χ3v) is 4.97. The zero-order chi connectivity index (χ0) is 19.8. The van der Waals surface area contributed by atoms with Crippen LogP contribution in [0.25, 0.3) is 17.0 Å². The molecule has 0 spiro atoms. The van der Waals surface area contributed by atoms with Gasteiger partial charge in [0.2, 0.25) is 0 Å². The van der Waals surface area contributed by atoms with Crippen LogP contribution in [0.2, 0.25) is 0 Å². The fraction of sp³-hybridized carbons (Fsp3) is 0.0952. The molecule has 7 heteroatoms. The van der Waals surface area contributed by atoms with Crippen molar-refractivity contribution in [3.63, 3.8) is 0 Å². The molecule has 0 atom stereocenters. The minimum absolute atomic E-state index is 0.00128. The van der Waals surface area contributed by atoms with Crippen LogP contribution in [0.1, 0.15) is 16.8 Å². The molecule has 28 heavy (non-hydrogen) atoms. The van der Waals surface area contributed by atoms with Crippen LogP contribution in [-0.2, 0) is 16.1 Å². The number of carbonyl (C=O) groups excluding carboxylic acids is 2. The maximum Gasteiger partial charge on any atom is 0.263 e. The zero-order valence-corrected chi connectivity index (χ0v) is 15.8. The highest BCUT2D eigenvalue weighted by atomic mass is 32.1. The lowest BCUT2D eigenvalue weighted by molar-refractivity contribution is -0.123. The Morgan fingerprint density at radius 1 is 1.04 bits per heavy atom. The van der Waals surface area contributed by atoms with Gasteiger partial charge in [-0.15, -0.1) is 0 Å². The summed E-state index contributed by atoms with van der Waals surface area (Å²) in [7, 11) is 0. The Labute approximate surface area is 165 Å². The molecule has 1 aliphatic heterocycles. The van der Waals surface area contributed by atoms with E-state index >= 15 is 0 Å².